The molecule has 4 heteroatoms. The second-order valence-corrected chi connectivity index (χ2v) is 11.0. The van der Waals surface area contributed by atoms with Gasteiger partial charge in [0.05, 0.1) is 6.61 Å². The van der Waals surface area contributed by atoms with Crippen LogP contribution in [0.4, 0.5) is 0 Å². The Bertz CT molecular complexity index is 540. The number of nitrogens with zero attached hydrogens (tertiary/aromatic N) is 1. The molecule has 98 valence electrons. The van der Waals surface area contributed by atoms with E-state index in [-0.39, 0.29) is 5.04 Å². The van der Waals surface area contributed by atoms with E-state index in [0.29, 0.717) is 6.61 Å². The van der Waals surface area contributed by atoms with Crippen molar-refractivity contribution in [1.82, 2.24) is 4.98 Å². The van der Waals surface area contributed by atoms with E-state index >= 15 is 0 Å². The summed E-state index contributed by atoms with van der Waals surface area (Å²) >= 11 is 0. The minimum Gasteiger partial charge on any atom is -0.443 e. The third-order valence-corrected chi connectivity index (χ3v) is 8.31. The van der Waals surface area contributed by atoms with Gasteiger partial charge in [-0.3, -0.25) is 0 Å². The molecule has 18 heavy (non-hydrogen) atoms. The zero-order chi connectivity index (χ0) is 13.4. The van der Waals surface area contributed by atoms with Gasteiger partial charge in [-0.15, -0.1) is 0 Å². The van der Waals surface area contributed by atoms with Crippen LogP contribution in [0.25, 0.3) is 11.1 Å². The van der Waals surface area contributed by atoms with Gasteiger partial charge in [-0.25, -0.2) is 4.98 Å². The summed E-state index contributed by atoms with van der Waals surface area (Å²) in [5.74, 6) is 0. The lowest BCUT2D eigenvalue weighted by atomic mass is 10.2. The minimum atomic E-state index is -1.72. The molecule has 0 aliphatic heterocycles. The molecule has 0 amide bonds. The van der Waals surface area contributed by atoms with Crippen molar-refractivity contribution in [3.8, 4) is 0 Å². The van der Waals surface area contributed by atoms with Gasteiger partial charge < -0.3 is 8.84 Å². The van der Waals surface area contributed by atoms with Crippen LogP contribution in [0.2, 0.25) is 18.1 Å². The molecule has 0 aliphatic carbocycles. The van der Waals surface area contributed by atoms with Crippen LogP contribution in [-0.4, -0.2) is 13.3 Å². The molecule has 0 unspecified atom stereocenters. The first-order chi connectivity index (χ1) is 8.31. The standard InChI is InChI=1S/C14H21NO2Si/c1-14(2,3)18(4,5)17-9-11-7-6-8-12-13(11)16-10-15-12/h6-8,10H,9H2,1-5H3. The number of para-hydroxylation sites is 1. The van der Waals surface area contributed by atoms with Gasteiger partial charge in [0.1, 0.15) is 5.52 Å². The van der Waals surface area contributed by atoms with Gasteiger partial charge in [0.15, 0.2) is 20.3 Å². The highest BCUT2D eigenvalue weighted by molar-refractivity contribution is 6.74. The number of rotatable bonds is 3. The number of benzene rings is 1. The molecule has 2 rings (SSSR count). The van der Waals surface area contributed by atoms with Crippen LogP contribution in [0.1, 0.15) is 26.3 Å². The topological polar surface area (TPSA) is 35.3 Å². The van der Waals surface area contributed by atoms with Crippen molar-refractivity contribution in [2.24, 2.45) is 0 Å². The summed E-state index contributed by atoms with van der Waals surface area (Å²) in [6, 6.07) is 5.99. The molecular weight excluding hydrogens is 242 g/mol. The number of oxazole rings is 1. The molecule has 0 spiro atoms. The van der Waals surface area contributed by atoms with Crippen molar-refractivity contribution in [1.29, 1.82) is 0 Å². The first kappa shape index (κ1) is 13.3. The van der Waals surface area contributed by atoms with Gasteiger partial charge in [-0.2, -0.15) is 0 Å². The van der Waals surface area contributed by atoms with E-state index in [1.807, 2.05) is 18.2 Å². The molecule has 0 atom stereocenters. The molecule has 0 aliphatic rings. The fourth-order valence-corrected chi connectivity index (χ4v) is 2.48. The Morgan fingerprint density at radius 2 is 2.00 bits per heavy atom. The molecule has 0 fully saturated rings. The van der Waals surface area contributed by atoms with E-state index in [0.717, 1.165) is 16.7 Å². The van der Waals surface area contributed by atoms with Crippen LogP contribution >= 0.6 is 0 Å². The van der Waals surface area contributed by atoms with E-state index in [9.17, 15) is 0 Å². The van der Waals surface area contributed by atoms with Gasteiger partial charge in [-0.05, 0) is 24.2 Å². The smallest absolute Gasteiger partial charge is 0.192 e. The molecule has 0 saturated carbocycles. The average molecular weight is 263 g/mol. The highest BCUT2D eigenvalue weighted by Crippen LogP contribution is 2.37. The van der Waals surface area contributed by atoms with Crippen LogP contribution in [0.15, 0.2) is 29.0 Å². The first-order valence-corrected chi connectivity index (χ1v) is 9.17. The predicted molar refractivity (Wildman–Crippen MR) is 76.0 cm³/mol. The number of hydrogen-bond acceptors (Lipinski definition) is 3. The Hall–Kier alpha value is -1.13. The molecule has 1 aromatic carbocycles. The second kappa shape index (κ2) is 4.52. The van der Waals surface area contributed by atoms with Crippen molar-refractivity contribution in [3.05, 3.63) is 30.2 Å². The highest BCUT2D eigenvalue weighted by atomic mass is 28.4. The Balaban J connectivity index is 2.18. The van der Waals surface area contributed by atoms with Crippen LogP contribution in [0, 0.1) is 0 Å². The molecule has 0 bridgehead atoms. The van der Waals surface area contributed by atoms with Gasteiger partial charge >= 0.3 is 0 Å². The van der Waals surface area contributed by atoms with Gasteiger partial charge in [0, 0.05) is 5.56 Å². The fourth-order valence-electron chi connectivity index (χ4n) is 1.53. The Morgan fingerprint density at radius 3 is 2.67 bits per heavy atom. The second-order valence-electron chi connectivity index (χ2n) is 6.17. The van der Waals surface area contributed by atoms with Crippen LogP contribution in [0.3, 0.4) is 0 Å². The lowest BCUT2D eigenvalue weighted by molar-refractivity contribution is 0.276. The largest absolute Gasteiger partial charge is 0.443 e. The molecule has 0 saturated heterocycles. The lowest BCUT2D eigenvalue weighted by Crippen LogP contribution is -2.40. The zero-order valence-corrected chi connectivity index (χ0v) is 12.8. The van der Waals surface area contributed by atoms with Crippen molar-refractivity contribution in [2.45, 2.75) is 45.5 Å². The van der Waals surface area contributed by atoms with Crippen LogP contribution in [0.5, 0.6) is 0 Å². The van der Waals surface area contributed by atoms with Gasteiger partial charge in [-0.1, -0.05) is 32.9 Å². The van der Waals surface area contributed by atoms with Gasteiger partial charge in [0.2, 0.25) is 0 Å². The normalized spacial score (nSPS) is 13.2. The summed E-state index contributed by atoms with van der Waals surface area (Å²) < 4.78 is 11.6. The van der Waals surface area contributed by atoms with Crippen molar-refractivity contribution >= 4 is 19.4 Å². The monoisotopic (exact) mass is 263 g/mol. The third-order valence-electron chi connectivity index (χ3n) is 3.83. The van der Waals surface area contributed by atoms with E-state index in [1.165, 1.54) is 6.39 Å². The van der Waals surface area contributed by atoms with Crippen LogP contribution < -0.4 is 0 Å². The number of hydrogen-bond donors (Lipinski definition) is 0. The SMILES string of the molecule is CC(C)(C)[Si](C)(C)OCc1cccc2ncoc12. The summed E-state index contributed by atoms with van der Waals surface area (Å²) in [7, 11) is -1.72. The fraction of sp³-hybridized carbons (Fsp3) is 0.500. The minimum absolute atomic E-state index is 0.225. The molecule has 0 radical (unpaired) electrons. The summed E-state index contributed by atoms with van der Waals surface area (Å²) in [4.78, 5) is 4.16. The number of aromatic nitrogens is 1. The summed E-state index contributed by atoms with van der Waals surface area (Å²) in [6.07, 6.45) is 1.49. The maximum atomic E-state index is 6.21. The average Bonchev–Trinajstić information content (AvgIpc) is 2.73. The Morgan fingerprint density at radius 1 is 1.28 bits per heavy atom. The maximum absolute atomic E-state index is 6.21. The lowest BCUT2D eigenvalue weighted by Gasteiger charge is -2.36. The van der Waals surface area contributed by atoms with Crippen molar-refractivity contribution in [2.75, 3.05) is 0 Å². The predicted octanol–water partition coefficient (Wildman–Crippen LogP) is 4.35. The van der Waals surface area contributed by atoms with E-state index in [2.05, 4.69) is 38.8 Å². The van der Waals surface area contributed by atoms with Gasteiger partial charge in [0.25, 0.3) is 0 Å². The first-order valence-electron chi connectivity index (χ1n) is 6.26. The summed E-state index contributed by atoms with van der Waals surface area (Å²) in [5, 5.41) is 0.225. The molecule has 3 nitrogen and oxygen atoms in total. The third kappa shape index (κ3) is 2.49. The maximum Gasteiger partial charge on any atom is 0.192 e. The van der Waals surface area contributed by atoms with Crippen LogP contribution in [-0.2, 0) is 11.0 Å². The summed E-state index contributed by atoms with van der Waals surface area (Å²) in [5.41, 5.74) is 2.82. The molecule has 2 aromatic rings. The van der Waals surface area contributed by atoms with Crippen molar-refractivity contribution < 1.29 is 8.84 Å². The van der Waals surface area contributed by atoms with E-state index in [4.69, 9.17) is 8.84 Å². The molecule has 1 aromatic heterocycles. The Labute approximate surface area is 109 Å². The summed E-state index contributed by atoms with van der Waals surface area (Å²) in [6.45, 7) is 11.8. The highest BCUT2D eigenvalue weighted by Gasteiger charge is 2.37. The molecule has 1 heterocycles. The number of fused-ring (bicyclic) bond motifs is 1. The Kier molecular flexibility index (Phi) is 3.34. The molecular formula is C14H21NO2Si. The van der Waals surface area contributed by atoms with E-state index in [1.54, 1.807) is 0 Å². The molecule has 0 N–H and O–H groups in total. The van der Waals surface area contributed by atoms with E-state index < -0.39 is 8.32 Å². The quantitative estimate of drug-likeness (QED) is 0.772. The zero-order valence-electron chi connectivity index (χ0n) is 11.8. The van der Waals surface area contributed by atoms with Crippen molar-refractivity contribution in [3.63, 3.8) is 0 Å².